The Kier molecular flexibility index (Phi) is 6.87. The SMILES string of the molecule is CC(=O)O[C@@H]1C[C@@]2(C)[C@@H](CC[C@H]3[C@H]2CC[C@]2(C)[C@@H]3CC[C@H]2[C@H](C)CCCC(C)C)CC1=O. The summed E-state index contributed by atoms with van der Waals surface area (Å²) in [7, 11) is 0. The van der Waals surface area contributed by atoms with Gasteiger partial charge >= 0.3 is 5.97 Å². The standard InChI is InChI=1S/C29H48O3/c1-18(2)8-7-9-19(3)23-12-13-24-22-11-10-21-16-26(31)27(32-20(4)30)17-29(21,6)25(22)14-15-28(23,24)5/h18-19,21-25,27H,7-17H2,1-6H3/t19-,21+,22-,23+,24-,25-,27-,28+,29+/m1/s1. The lowest BCUT2D eigenvalue weighted by Crippen LogP contribution is -2.56. The van der Waals surface area contributed by atoms with Gasteiger partial charge in [-0.15, -0.1) is 0 Å². The minimum Gasteiger partial charge on any atom is -0.455 e. The van der Waals surface area contributed by atoms with Crippen molar-refractivity contribution in [2.45, 2.75) is 118 Å². The van der Waals surface area contributed by atoms with E-state index in [0.29, 0.717) is 23.7 Å². The Hall–Kier alpha value is -0.860. The third-order valence-corrected chi connectivity index (χ3v) is 11.0. The van der Waals surface area contributed by atoms with E-state index in [2.05, 4.69) is 34.6 Å². The fourth-order valence-corrected chi connectivity index (χ4v) is 9.41. The minimum absolute atomic E-state index is 0.152. The van der Waals surface area contributed by atoms with Gasteiger partial charge in [0.05, 0.1) is 0 Å². The highest BCUT2D eigenvalue weighted by molar-refractivity contribution is 5.86. The highest BCUT2D eigenvalue weighted by Gasteiger charge is 2.61. The monoisotopic (exact) mass is 444 g/mol. The van der Waals surface area contributed by atoms with Gasteiger partial charge < -0.3 is 4.74 Å². The molecule has 3 heteroatoms. The molecule has 0 aromatic carbocycles. The Morgan fingerprint density at radius 1 is 1.00 bits per heavy atom. The first kappa shape index (κ1) is 24.3. The molecular weight excluding hydrogens is 396 g/mol. The molecule has 0 spiro atoms. The van der Waals surface area contributed by atoms with E-state index in [1.54, 1.807) is 0 Å². The van der Waals surface area contributed by atoms with Crippen LogP contribution in [0.3, 0.4) is 0 Å². The summed E-state index contributed by atoms with van der Waals surface area (Å²) in [4.78, 5) is 24.3. The summed E-state index contributed by atoms with van der Waals surface area (Å²) in [6, 6.07) is 0. The normalized spacial score (nSPS) is 44.5. The number of rotatable bonds is 6. The molecule has 0 heterocycles. The van der Waals surface area contributed by atoms with E-state index >= 15 is 0 Å². The summed E-state index contributed by atoms with van der Waals surface area (Å²) in [5.41, 5.74) is 0.653. The fraction of sp³-hybridized carbons (Fsp3) is 0.931. The van der Waals surface area contributed by atoms with Crippen LogP contribution in [-0.4, -0.2) is 17.9 Å². The number of fused-ring (bicyclic) bond motifs is 5. The molecule has 0 N–H and O–H groups in total. The maximum absolute atomic E-state index is 12.7. The maximum atomic E-state index is 12.7. The molecule has 0 bridgehead atoms. The highest BCUT2D eigenvalue weighted by atomic mass is 16.5. The molecule has 9 atom stereocenters. The van der Waals surface area contributed by atoms with Crippen molar-refractivity contribution in [3.63, 3.8) is 0 Å². The predicted octanol–water partition coefficient (Wildman–Crippen LogP) is 7.22. The third kappa shape index (κ3) is 4.20. The predicted molar refractivity (Wildman–Crippen MR) is 129 cm³/mol. The molecule has 0 radical (unpaired) electrons. The van der Waals surface area contributed by atoms with Crippen molar-refractivity contribution >= 4 is 11.8 Å². The Balaban J connectivity index is 1.49. The highest BCUT2D eigenvalue weighted by Crippen LogP contribution is 2.68. The van der Waals surface area contributed by atoms with Crippen LogP contribution in [0.2, 0.25) is 0 Å². The van der Waals surface area contributed by atoms with Crippen LogP contribution in [0.5, 0.6) is 0 Å². The quantitative estimate of drug-likeness (QED) is 0.406. The largest absolute Gasteiger partial charge is 0.455 e. The van der Waals surface area contributed by atoms with E-state index in [4.69, 9.17) is 4.74 Å². The average molecular weight is 445 g/mol. The maximum Gasteiger partial charge on any atom is 0.303 e. The first-order valence-corrected chi connectivity index (χ1v) is 13.8. The molecule has 32 heavy (non-hydrogen) atoms. The van der Waals surface area contributed by atoms with E-state index in [1.165, 1.54) is 64.7 Å². The summed E-state index contributed by atoms with van der Waals surface area (Å²) in [6.07, 6.45) is 13.0. The van der Waals surface area contributed by atoms with E-state index in [1.807, 2.05) is 0 Å². The number of carbonyl (C=O) groups is 2. The first-order chi connectivity index (χ1) is 15.1. The van der Waals surface area contributed by atoms with Crippen molar-refractivity contribution < 1.29 is 14.3 Å². The van der Waals surface area contributed by atoms with Crippen LogP contribution in [-0.2, 0) is 14.3 Å². The number of hydrogen-bond acceptors (Lipinski definition) is 3. The first-order valence-electron chi connectivity index (χ1n) is 13.8. The van der Waals surface area contributed by atoms with Gasteiger partial charge in [-0.25, -0.2) is 0 Å². The van der Waals surface area contributed by atoms with Crippen LogP contribution >= 0.6 is 0 Å². The molecule has 4 fully saturated rings. The van der Waals surface area contributed by atoms with Crippen LogP contribution < -0.4 is 0 Å². The second-order valence-corrected chi connectivity index (χ2v) is 13.2. The number of ketones is 1. The second-order valence-electron chi connectivity index (χ2n) is 13.2. The molecule has 4 saturated carbocycles. The van der Waals surface area contributed by atoms with Crippen LogP contribution in [0.25, 0.3) is 0 Å². The number of hydrogen-bond donors (Lipinski definition) is 0. The molecule has 4 rings (SSSR count). The number of carbonyl (C=O) groups excluding carboxylic acids is 2. The second kappa shape index (κ2) is 9.06. The fourth-order valence-electron chi connectivity index (χ4n) is 9.41. The van der Waals surface area contributed by atoms with Gasteiger partial charge in [-0.2, -0.15) is 0 Å². The number of Topliss-reactive ketones (excluding diaryl/α,β-unsaturated/α-hetero) is 1. The number of ether oxygens (including phenoxy) is 1. The Morgan fingerprint density at radius 2 is 1.72 bits per heavy atom. The van der Waals surface area contributed by atoms with Gasteiger partial charge in [0.25, 0.3) is 0 Å². The third-order valence-electron chi connectivity index (χ3n) is 11.0. The lowest BCUT2D eigenvalue weighted by Gasteiger charge is -2.61. The van der Waals surface area contributed by atoms with Gasteiger partial charge in [-0.3, -0.25) is 9.59 Å². The van der Waals surface area contributed by atoms with E-state index in [-0.39, 0.29) is 17.2 Å². The molecule has 0 aromatic heterocycles. The van der Waals surface area contributed by atoms with E-state index < -0.39 is 6.10 Å². The van der Waals surface area contributed by atoms with Crippen molar-refractivity contribution in [2.75, 3.05) is 0 Å². The molecule has 0 amide bonds. The zero-order valence-corrected chi connectivity index (χ0v) is 21.6. The molecule has 0 saturated heterocycles. The number of esters is 1. The van der Waals surface area contributed by atoms with Crippen LogP contribution in [0, 0.1) is 52.3 Å². The summed E-state index contributed by atoms with van der Waals surface area (Å²) in [5, 5.41) is 0. The summed E-state index contributed by atoms with van der Waals surface area (Å²) in [5.74, 6) is 5.23. The van der Waals surface area contributed by atoms with E-state index in [0.717, 1.165) is 36.0 Å². The van der Waals surface area contributed by atoms with Gasteiger partial charge in [0.1, 0.15) is 0 Å². The van der Waals surface area contributed by atoms with Gasteiger partial charge in [-0.1, -0.05) is 53.9 Å². The summed E-state index contributed by atoms with van der Waals surface area (Å²) in [6.45, 7) is 13.8. The van der Waals surface area contributed by atoms with E-state index in [9.17, 15) is 9.59 Å². The molecule has 4 aliphatic carbocycles. The topological polar surface area (TPSA) is 43.4 Å². The molecule has 4 aliphatic rings. The van der Waals surface area contributed by atoms with Crippen molar-refractivity contribution in [3.8, 4) is 0 Å². The molecule has 182 valence electrons. The van der Waals surface area contributed by atoms with Crippen LogP contribution in [0.15, 0.2) is 0 Å². The Morgan fingerprint density at radius 3 is 2.41 bits per heavy atom. The van der Waals surface area contributed by atoms with Gasteiger partial charge in [0.2, 0.25) is 0 Å². The average Bonchev–Trinajstić information content (AvgIpc) is 3.05. The lowest BCUT2D eigenvalue weighted by molar-refractivity contribution is -0.171. The van der Waals surface area contributed by atoms with Crippen molar-refractivity contribution in [1.82, 2.24) is 0 Å². The molecule has 0 unspecified atom stereocenters. The van der Waals surface area contributed by atoms with Crippen LogP contribution in [0.4, 0.5) is 0 Å². The zero-order valence-electron chi connectivity index (χ0n) is 21.6. The minimum atomic E-state index is -0.502. The molecule has 0 aromatic rings. The lowest BCUT2D eigenvalue weighted by atomic mass is 9.44. The van der Waals surface area contributed by atoms with Crippen molar-refractivity contribution in [3.05, 3.63) is 0 Å². The molecule has 0 aliphatic heterocycles. The zero-order chi connectivity index (χ0) is 23.3. The molecular formula is C29H48O3. The smallest absolute Gasteiger partial charge is 0.303 e. The van der Waals surface area contributed by atoms with Gasteiger partial charge in [0.15, 0.2) is 11.9 Å². The van der Waals surface area contributed by atoms with Crippen molar-refractivity contribution in [2.24, 2.45) is 52.3 Å². The van der Waals surface area contributed by atoms with Crippen molar-refractivity contribution in [1.29, 1.82) is 0 Å². The Labute approximate surface area is 196 Å². The van der Waals surface area contributed by atoms with Gasteiger partial charge in [0, 0.05) is 13.3 Å². The molecule has 3 nitrogen and oxygen atoms in total. The van der Waals surface area contributed by atoms with Gasteiger partial charge in [-0.05, 0) is 97.2 Å². The summed E-state index contributed by atoms with van der Waals surface area (Å²) < 4.78 is 5.52. The van der Waals surface area contributed by atoms with Crippen LogP contribution in [0.1, 0.15) is 112 Å². The Bertz CT molecular complexity index is 713. The summed E-state index contributed by atoms with van der Waals surface area (Å²) >= 11 is 0.